The number of imidazole rings is 1. The number of carbonyl (C=O) groups is 1. The molecule has 0 N–H and O–H groups in total. The van der Waals surface area contributed by atoms with E-state index < -0.39 is 17.0 Å². The quantitative estimate of drug-likeness (QED) is 0.217. The van der Waals surface area contributed by atoms with Crippen molar-refractivity contribution in [1.82, 2.24) is 28.8 Å². The highest BCUT2D eigenvalue weighted by Gasteiger charge is 2.27. The fourth-order valence-electron chi connectivity index (χ4n) is 5.26. The zero-order valence-electron chi connectivity index (χ0n) is 24.7. The highest BCUT2D eigenvalue weighted by Crippen LogP contribution is 2.24. The minimum Gasteiger partial charge on any atom is -0.490 e. The van der Waals surface area contributed by atoms with Crippen LogP contribution in [0, 0.1) is 11.7 Å². The molecule has 1 aliphatic rings. The average Bonchev–Trinajstić information content (AvgIpc) is 3.35. The molecule has 0 spiro atoms. The van der Waals surface area contributed by atoms with Gasteiger partial charge in [-0.05, 0) is 69.4 Å². The summed E-state index contributed by atoms with van der Waals surface area (Å²) < 4.78 is 29.9. The summed E-state index contributed by atoms with van der Waals surface area (Å²) in [6, 6.07) is 13.0. The lowest BCUT2D eigenvalue weighted by molar-refractivity contribution is 0.0165. The molecule has 228 valence electrons. The Morgan fingerprint density at radius 2 is 1.84 bits per heavy atom. The van der Waals surface area contributed by atoms with Crippen LogP contribution < -0.4 is 10.3 Å². The van der Waals surface area contributed by atoms with Gasteiger partial charge in [-0.1, -0.05) is 34.1 Å². The van der Waals surface area contributed by atoms with Crippen LogP contribution in [0.5, 0.6) is 5.75 Å². The molecule has 0 unspecified atom stereocenters. The maximum atomic E-state index is 14.7. The number of halogens is 2. The largest absolute Gasteiger partial charge is 0.490 e. The van der Waals surface area contributed by atoms with Crippen LogP contribution in [-0.2, 0) is 11.3 Å². The smallest absolute Gasteiger partial charge is 0.410 e. The van der Waals surface area contributed by atoms with E-state index in [4.69, 9.17) is 9.47 Å². The summed E-state index contributed by atoms with van der Waals surface area (Å²) in [7, 11) is 0. The fourth-order valence-corrected chi connectivity index (χ4v) is 5.60. The predicted octanol–water partition coefficient (Wildman–Crippen LogP) is 6.08. The molecule has 1 fully saturated rings. The van der Waals surface area contributed by atoms with E-state index in [1.807, 2.05) is 63.2 Å². The van der Waals surface area contributed by atoms with Gasteiger partial charge in [0.15, 0.2) is 11.6 Å². The van der Waals surface area contributed by atoms with Crippen molar-refractivity contribution in [2.45, 2.75) is 45.8 Å². The summed E-state index contributed by atoms with van der Waals surface area (Å²) in [6.45, 7) is 7.50. The topological polar surface area (TPSA) is 104 Å². The van der Waals surface area contributed by atoms with Crippen molar-refractivity contribution >= 4 is 38.8 Å². The first kappa shape index (κ1) is 29.7. The molecular weight excluding hydrogens is 631 g/mol. The third-order valence-electron chi connectivity index (χ3n) is 7.47. The van der Waals surface area contributed by atoms with Gasteiger partial charge in [-0.3, -0.25) is 13.8 Å². The molecule has 44 heavy (non-hydrogen) atoms. The Bertz CT molecular complexity index is 1890. The molecule has 0 bridgehead atoms. The maximum Gasteiger partial charge on any atom is 0.410 e. The van der Waals surface area contributed by atoms with Crippen LogP contribution in [0.25, 0.3) is 28.2 Å². The normalized spacial score (nSPS) is 14.3. The van der Waals surface area contributed by atoms with Gasteiger partial charge < -0.3 is 14.4 Å². The second-order valence-corrected chi connectivity index (χ2v) is 12.9. The molecule has 5 aromatic rings. The van der Waals surface area contributed by atoms with Crippen molar-refractivity contribution < 1.29 is 18.7 Å². The third kappa shape index (κ3) is 6.45. The molecule has 0 radical (unpaired) electrons. The molecule has 4 heterocycles. The lowest BCUT2D eigenvalue weighted by Crippen LogP contribution is -2.42. The molecule has 0 aliphatic carbocycles. The van der Waals surface area contributed by atoms with Crippen molar-refractivity contribution in [3.63, 3.8) is 0 Å². The Balaban J connectivity index is 1.12. The molecule has 0 saturated carbocycles. The standard InChI is InChI=1S/C32H32BrFN6O4/c1-32(2,3)44-31(42)38-11-9-20(10-12-38)19-43-24-15-35-28(36-16-24)22-6-4-5-21(13-22)17-40-29(41)25(34)18-39-27-14-23(33)7-8-26(27)37-30(39)40/h4-8,13-16,18,20H,9-12,17,19H2,1-3H3. The Hall–Kier alpha value is -4.32. The lowest BCUT2D eigenvalue weighted by atomic mass is 9.98. The number of hydrogen-bond donors (Lipinski definition) is 0. The summed E-state index contributed by atoms with van der Waals surface area (Å²) in [5, 5.41) is 0. The molecule has 1 amide bonds. The molecule has 1 saturated heterocycles. The monoisotopic (exact) mass is 662 g/mol. The maximum absolute atomic E-state index is 14.7. The number of carbonyl (C=O) groups excluding carboxylic acids is 1. The minimum absolute atomic E-state index is 0.117. The summed E-state index contributed by atoms with van der Waals surface area (Å²) in [5.41, 5.74) is 1.62. The van der Waals surface area contributed by atoms with Crippen molar-refractivity contribution in [2.24, 2.45) is 5.92 Å². The average molecular weight is 664 g/mol. The highest BCUT2D eigenvalue weighted by atomic mass is 79.9. The number of likely N-dealkylation sites (tertiary alicyclic amines) is 1. The van der Waals surface area contributed by atoms with Crippen LogP contribution in [0.4, 0.5) is 9.18 Å². The van der Waals surface area contributed by atoms with Gasteiger partial charge >= 0.3 is 6.09 Å². The Labute approximate surface area is 261 Å². The van der Waals surface area contributed by atoms with E-state index >= 15 is 0 Å². The minimum atomic E-state index is -0.861. The third-order valence-corrected chi connectivity index (χ3v) is 7.97. The number of benzene rings is 2. The van der Waals surface area contributed by atoms with Crippen LogP contribution in [0.2, 0.25) is 0 Å². The summed E-state index contributed by atoms with van der Waals surface area (Å²) in [5.74, 6) is 0.866. The van der Waals surface area contributed by atoms with Gasteiger partial charge in [-0.15, -0.1) is 0 Å². The van der Waals surface area contributed by atoms with Crippen LogP contribution in [0.1, 0.15) is 39.2 Å². The first-order chi connectivity index (χ1) is 21.0. The van der Waals surface area contributed by atoms with Gasteiger partial charge in [-0.2, -0.15) is 4.39 Å². The fraction of sp³-hybridized carbons (Fsp3) is 0.344. The van der Waals surface area contributed by atoms with Crippen LogP contribution in [0.15, 0.2) is 70.3 Å². The van der Waals surface area contributed by atoms with E-state index in [1.54, 1.807) is 21.7 Å². The molecular formula is C32H32BrFN6O4. The molecule has 10 nitrogen and oxygen atoms in total. The number of ether oxygens (including phenoxy) is 2. The Kier molecular flexibility index (Phi) is 8.10. The number of fused-ring (bicyclic) bond motifs is 3. The van der Waals surface area contributed by atoms with Crippen LogP contribution >= 0.6 is 15.9 Å². The van der Waals surface area contributed by atoms with Crippen molar-refractivity contribution in [1.29, 1.82) is 0 Å². The van der Waals surface area contributed by atoms with Gasteiger partial charge in [0, 0.05) is 23.1 Å². The number of aromatic nitrogens is 5. The van der Waals surface area contributed by atoms with E-state index in [0.717, 1.165) is 28.4 Å². The van der Waals surface area contributed by atoms with E-state index in [2.05, 4.69) is 30.9 Å². The van der Waals surface area contributed by atoms with E-state index in [1.165, 1.54) is 10.8 Å². The summed E-state index contributed by atoms with van der Waals surface area (Å²) in [4.78, 5) is 40.5. The van der Waals surface area contributed by atoms with E-state index in [0.29, 0.717) is 54.0 Å². The molecule has 12 heteroatoms. The first-order valence-electron chi connectivity index (χ1n) is 14.4. The van der Waals surface area contributed by atoms with E-state index in [9.17, 15) is 14.0 Å². The molecule has 1 aliphatic heterocycles. The van der Waals surface area contributed by atoms with E-state index in [-0.39, 0.29) is 12.6 Å². The van der Waals surface area contributed by atoms with Crippen LogP contribution in [-0.4, -0.2) is 60.2 Å². The Morgan fingerprint density at radius 3 is 2.57 bits per heavy atom. The van der Waals surface area contributed by atoms with Gasteiger partial charge in [0.1, 0.15) is 5.60 Å². The van der Waals surface area contributed by atoms with Gasteiger partial charge in [-0.25, -0.2) is 19.7 Å². The summed E-state index contributed by atoms with van der Waals surface area (Å²) in [6.07, 6.45) is 5.84. The number of hydrogen-bond acceptors (Lipinski definition) is 7. The van der Waals surface area contributed by atoms with Gasteiger partial charge in [0.25, 0.3) is 5.56 Å². The van der Waals surface area contributed by atoms with Gasteiger partial charge in [0.2, 0.25) is 11.6 Å². The van der Waals surface area contributed by atoms with Crippen LogP contribution in [0.3, 0.4) is 0 Å². The molecule has 3 aromatic heterocycles. The number of piperidine rings is 1. The highest BCUT2D eigenvalue weighted by molar-refractivity contribution is 9.10. The molecule has 0 atom stereocenters. The molecule has 6 rings (SSSR count). The van der Waals surface area contributed by atoms with Gasteiger partial charge in [0.05, 0.1) is 42.8 Å². The predicted molar refractivity (Wildman–Crippen MR) is 167 cm³/mol. The lowest BCUT2D eigenvalue weighted by Gasteiger charge is -2.33. The van der Waals surface area contributed by atoms with Crippen molar-refractivity contribution in [3.05, 3.63) is 87.3 Å². The number of rotatable bonds is 6. The first-order valence-corrected chi connectivity index (χ1v) is 15.2. The number of nitrogens with zero attached hydrogens (tertiary/aromatic N) is 6. The van der Waals surface area contributed by atoms with Crippen molar-refractivity contribution in [3.8, 4) is 17.1 Å². The second kappa shape index (κ2) is 12.0. The number of amides is 1. The SMILES string of the molecule is CC(C)(C)OC(=O)N1CCC(COc2cnc(-c3cccc(Cn4c(=O)c(F)cn5c6cc(Br)ccc6nc45)c3)nc2)CC1. The zero-order chi connectivity index (χ0) is 31.0. The molecule has 2 aromatic carbocycles. The summed E-state index contributed by atoms with van der Waals surface area (Å²) >= 11 is 3.44. The zero-order valence-corrected chi connectivity index (χ0v) is 26.3. The Morgan fingerprint density at radius 1 is 1.09 bits per heavy atom. The van der Waals surface area contributed by atoms with Crippen molar-refractivity contribution in [2.75, 3.05) is 19.7 Å². The second-order valence-electron chi connectivity index (χ2n) is 11.9.